The van der Waals surface area contributed by atoms with Crippen LogP contribution >= 0.6 is 15.9 Å². The highest BCUT2D eigenvalue weighted by Gasteiger charge is 2.26. The molecular weight excluding hydrogens is 488 g/mol. The van der Waals surface area contributed by atoms with Crippen LogP contribution in [-0.4, -0.2) is 52.8 Å². The Bertz CT molecular complexity index is 1120. The molecule has 1 aromatic heterocycles. The molecule has 1 N–H and O–H groups in total. The van der Waals surface area contributed by atoms with Gasteiger partial charge in [0.2, 0.25) is 0 Å². The van der Waals surface area contributed by atoms with Crippen molar-refractivity contribution in [2.24, 2.45) is 0 Å². The SMILES string of the molecule is CCn1ncc(NC(=O)c2cccc(COc3ccc(Br)cc3)c2)c1C(=O)N1CCOCC1. The van der Waals surface area contributed by atoms with Gasteiger partial charge in [0.25, 0.3) is 11.8 Å². The molecule has 0 bridgehead atoms. The van der Waals surface area contributed by atoms with Crippen molar-refractivity contribution in [3.05, 3.63) is 76.0 Å². The minimum absolute atomic E-state index is 0.162. The van der Waals surface area contributed by atoms with Crippen molar-refractivity contribution >= 4 is 33.4 Å². The van der Waals surface area contributed by atoms with Crippen molar-refractivity contribution in [2.45, 2.75) is 20.1 Å². The number of carbonyl (C=O) groups is 2. The van der Waals surface area contributed by atoms with Gasteiger partial charge in [0, 0.05) is 29.7 Å². The van der Waals surface area contributed by atoms with Gasteiger partial charge in [-0.1, -0.05) is 28.1 Å². The van der Waals surface area contributed by atoms with Crippen LogP contribution in [0.2, 0.25) is 0 Å². The lowest BCUT2D eigenvalue weighted by Gasteiger charge is -2.27. The number of hydrogen-bond donors (Lipinski definition) is 1. The van der Waals surface area contributed by atoms with Crippen molar-refractivity contribution < 1.29 is 19.1 Å². The highest BCUT2D eigenvalue weighted by atomic mass is 79.9. The number of nitrogens with zero attached hydrogens (tertiary/aromatic N) is 3. The van der Waals surface area contributed by atoms with Crippen LogP contribution in [0.15, 0.2) is 59.2 Å². The third-order valence-electron chi connectivity index (χ3n) is 5.30. The molecule has 8 nitrogen and oxygen atoms in total. The number of morpholine rings is 1. The lowest BCUT2D eigenvalue weighted by Crippen LogP contribution is -2.41. The zero-order chi connectivity index (χ0) is 23.2. The second-order valence-electron chi connectivity index (χ2n) is 7.52. The summed E-state index contributed by atoms with van der Waals surface area (Å²) in [5, 5.41) is 7.15. The second-order valence-corrected chi connectivity index (χ2v) is 8.44. The normalized spacial score (nSPS) is 13.6. The molecule has 2 amide bonds. The van der Waals surface area contributed by atoms with Gasteiger partial charge in [-0.15, -0.1) is 0 Å². The highest BCUT2D eigenvalue weighted by molar-refractivity contribution is 9.10. The number of anilines is 1. The summed E-state index contributed by atoms with van der Waals surface area (Å²) < 4.78 is 13.7. The van der Waals surface area contributed by atoms with Crippen LogP contribution in [0, 0.1) is 0 Å². The topological polar surface area (TPSA) is 85.7 Å². The first-order chi connectivity index (χ1) is 16.0. The Balaban J connectivity index is 1.47. The van der Waals surface area contributed by atoms with Gasteiger partial charge in [-0.05, 0) is 48.9 Å². The fraction of sp³-hybridized carbons (Fsp3) is 0.292. The first-order valence-electron chi connectivity index (χ1n) is 10.8. The maximum absolute atomic E-state index is 13.1. The number of ether oxygens (including phenoxy) is 2. The molecule has 4 rings (SSSR count). The number of hydrogen-bond acceptors (Lipinski definition) is 5. The molecule has 33 heavy (non-hydrogen) atoms. The van der Waals surface area contributed by atoms with Gasteiger partial charge in [-0.3, -0.25) is 14.3 Å². The van der Waals surface area contributed by atoms with E-state index in [0.29, 0.717) is 56.4 Å². The van der Waals surface area contributed by atoms with Gasteiger partial charge in [-0.2, -0.15) is 5.10 Å². The maximum atomic E-state index is 13.1. The molecule has 2 heterocycles. The van der Waals surface area contributed by atoms with E-state index in [9.17, 15) is 9.59 Å². The molecule has 0 unspecified atom stereocenters. The van der Waals surface area contributed by atoms with Crippen LogP contribution in [0.1, 0.15) is 33.3 Å². The van der Waals surface area contributed by atoms with Crippen LogP contribution < -0.4 is 10.1 Å². The van der Waals surface area contributed by atoms with E-state index in [-0.39, 0.29) is 11.8 Å². The molecule has 2 aromatic carbocycles. The quantitative estimate of drug-likeness (QED) is 0.517. The van der Waals surface area contributed by atoms with Crippen LogP contribution in [0.4, 0.5) is 5.69 Å². The summed E-state index contributed by atoms with van der Waals surface area (Å²) in [6, 6.07) is 14.8. The van der Waals surface area contributed by atoms with E-state index in [0.717, 1.165) is 15.8 Å². The Labute approximate surface area is 200 Å². The number of nitrogens with one attached hydrogen (secondary N) is 1. The number of carbonyl (C=O) groups excluding carboxylic acids is 2. The molecule has 0 saturated carbocycles. The van der Waals surface area contributed by atoms with Crippen LogP contribution in [0.5, 0.6) is 5.75 Å². The van der Waals surface area contributed by atoms with Crippen molar-refractivity contribution in [1.82, 2.24) is 14.7 Å². The summed E-state index contributed by atoms with van der Waals surface area (Å²) in [4.78, 5) is 27.8. The Morgan fingerprint density at radius 2 is 1.91 bits per heavy atom. The molecule has 1 aliphatic rings. The predicted octanol–water partition coefficient (Wildman–Crippen LogP) is 3.97. The summed E-state index contributed by atoms with van der Waals surface area (Å²) in [6.07, 6.45) is 1.52. The zero-order valence-electron chi connectivity index (χ0n) is 18.3. The van der Waals surface area contributed by atoms with Gasteiger partial charge in [0.1, 0.15) is 18.1 Å². The Morgan fingerprint density at radius 1 is 1.15 bits per heavy atom. The van der Waals surface area contributed by atoms with E-state index in [1.54, 1.807) is 21.7 Å². The number of aryl methyl sites for hydroxylation is 1. The smallest absolute Gasteiger partial charge is 0.274 e. The highest BCUT2D eigenvalue weighted by Crippen LogP contribution is 2.21. The number of benzene rings is 2. The average molecular weight is 513 g/mol. The largest absolute Gasteiger partial charge is 0.489 e. The molecule has 0 atom stereocenters. The van der Waals surface area contributed by atoms with E-state index in [2.05, 4.69) is 26.3 Å². The van der Waals surface area contributed by atoms with E-state index in [1.807, 2.05) is 43.3 Å². The minimum Gasteiger partial charge on any atom is -0.489 e. The summed E-state index contributed by atoms with van der Waals surface area (Å²) in [6.45, 7) is 4.79. The van der Waals surface area contributed by atoms with Crippen LogP contribution in [0.25, 0.3) is 0 Å². The molecule has 0 spiro atoms. The molecule has 1 saturated heterocycles. The summed E-state index contributed by atoms with van der Waals surface area (Å²) in [5.41, 5.74) is 2.11. The summed E-state index contributed by atoms with van der Waals surface area (Å²) >= 11 is 3.40. The molecular formula is C24H25BrN4O4. The zero-order valence-corrected chi connectivity index (χ0v) is 19.9. The van der Waals surface area contributed by atoms with Crippen molar-refractivity contribution in [2.75, 3.05) is 31.6 Å². The first-order valence-corrected chi connectivity index (χ1v) is 11.6. The van der Waals surface area contributed by atoms with Gasteiger partial charge in [0.05, 0.1) is 25.1 Å². The Hall–Kier alpha value is -3.17. The fourth-order valence-corrected chi connectivity index (χ4v) is 3.82. The van der Waals surface area contributed by atoms with Gasteiger partial charge < -0.3 is 19.7 Å². The molecule has 172 valence electrons. The predicted molar refractivity (Wildman–Crippen MR) is 127 cm³/mol. The van der Waals surface area contributed by atoms with E-state index in [1.165, 1.54) is 6.20 Å². The molecule has 1 aliphatic heterocycles. The number of amides is 2. The molecule has 9 heteroatoms. The molecule has 0 aliphatic carbocycles. The summed E-state index contributed by atoms with van der Waals surface area (Å²) in [5.74, 6) is 0.267. The van der Waals surface area contributed by atoms with Crippen molar-refractivity contribution in [3.63, 3.8) is 0 Å². The van der Waals surface area contributed by atoms with Crippen LogP contribution in [-0.2, 0) is 17.9 Å². The minimum atomic E-state index is -0.313. The lowest BCUT2D eigenvalue weighted by atomic mass is 10.1. The second kappa shape index (κ2) is 10.6. The Morgan fingerprint density at radius 3 is 2.64 bits per heavy atom. The first kappa shape index (κ1) is 23.0. The van der Waals surface area contributed by atoms with Gasteiger partial charge in [-0.25, -0.2) is 0 Å². The van der Waals surface area contributed by atoms with E-state index < -0.39 is 0 Å². The Kier molecular flexibility index (Phi) is 7.41. The average Bonchev–Trinajstić information content (AvgIpc) is 3.26. The van der Waals surface area contributed by atoms with Crippen molar-refractivity contribution in [1.29, 1.82) is 0 Å². The molecule has 1 fully saturated rings. The summed E-state index contributed by atoms with van der Waals surface area (Å²) in [7, 11) is 0. The van der Waals surface area contributed by atoms with Crippen molar-refractivity contribution in [3.8, 4) is 5.75 Å². The monoisotopic (exact) mass is 512 g/mol. The van der Waals surface area contributed by atoms with E-state index in [4.69, 9.17) is 9.47 Å². The lowest BCUT2D eigenvalue weighted by molar-refractivity contribution is 0.0295. The fourth-order valence-electron chi connectivity index (χ4n) is 3.55. The number of rotatable bonds is 7. The number of aromatic nitrogens is 2. The van der Waals surface area contributed by atoms with Gasteiger partial charge >= 0.3 is 0 Å². The maximum Gasteiger partial charge on any atom is 0.274 e. The van der Waals surface area contributed by atoms with Gasteiger partial charge in [0.15, 0.2) is 0 Å². The standard InChI is InChI=1S/C24H25BrN4O4/c1-2-29-22(24(31)28-10-12-32-13-11-28)21(15-26-29)27-23(30)18-5-3-4-17(14-18)16-33-20-8-6-19(25)7-9-20/h3-9,14-15H,2,10-13,16H2,1H3,(H,27,30). The molecule has 3 aromatic rings. The van der Waals surface area contributed by atoms with Crippen LogP contribution in [0.3, 0.4) is 0 Å². The van der Waals surface area contributed by atoms with E-state index >= 15 is 0 Å². The third kappa shape index (κ3) is 5.61. The molecule has 0 radical (unpaired) electrons. The third-order valence-corrected chi connectivity index (χ3v) is 5.83. The number of halogens is 1.